The van der Waals surface area contributed by atoms with Crippen molar-refractivity contribution in [2.45, 2.75) is 19.0 Å². The first kappa shape index (κ1) is 10.9. The van der Waals surface area contributed by atoms with Crippen molar-refractivity contribution in [3.05, 3.63) is 29.3 Å². The van der Waals surface area contributed by atoms with Crippen LogP contribution in [0.2, 0.25) is 0 Å². The second kappa shape index (κ2) is 3.48. The number of carbonyl (C=O) groups is 1. The van der Waals surface area contributed by atoms with Gasteiger partial charge < -0.3 is 0 Å². The molecular formula is C10H8F3NO2. The molecule has 0 aromatic heterocycles. The van der Waals surface area contributed by atoms with Crippen molar-refractivity contribution in [2.75, 3.05) is 5.06 Å². The third-order valence-corrected chi connectivity index (χ3v) is 2.48. The topological polar surface area (TPSA) is 40.5 Å². The molecule has 1 aromatic carbocycles. The third kappa shape index (κ3) is 1.76. The number of alkyl halides is 3. The van der Waals surface area contributed by atoms with Crippen LogP contribution in [0.5, 0.6) is 0 Å². The highest BCUT2D eigenvalue weighted by Crippen LogP contribution is 2.34. The SMILES string of the molecule is O=C1CCc2cc(C(F)(F)F)ccc2N1O. The Morgan fingerprint density at radius 3 is 2.56 bits per heavy atom. The number of hydrogen-bond donors (Lipinski definition) is 1. The van der Waals surface area contributed by atoms with Crippen molar-refractivity contribution in [3.63, 3.8) is 0 Å². The molecule has 86 valence electrons. The molecule has 0 saturated heterocycles. The molecule has 0 aliphatic carbocycles. The monoisotopic (exact) mass is 231 g/mol. The first-order valence-corrected chi connectivity index (χ1v) is 4.61. The number of hydrogen-bond acceptors (Lipinski definition) is 2. The Balaban J connectivity index is 2.45. The second-order valence-electron chi connectivity index (χ2n) is 3.55. The minimum absolute atomic E-state index is 0.0187. The van der Waals surface area contributed by atoms with Crippen LogP contribution in [0, 0.1) is 0 Å². The summed E-state index contributed by atoms with van der Waals surface area (Å²) in [5.41, 5.74) is -0.310. The molecule has 16 heavy (non-hydrogen) atoms. The van der Waals surface area contributed by atoms with Gasteiger partial charge in [0.1, 0.15) is 0 Å². The predicted molar refractivity (Wildman–Crippen MR) is 49.0 cm³/mol. The molecule has 0 radical (unpaired) electrons. The van der Waals surface area contributed by atoms with Gasteiger partial charge in [-0.3, -0.25) is 10.0 Å². The van der Waals surface area contributed by atoms with Crippen LogP contribution in [-0.2, 0) is 17.4 Å². The van der Waals surface area contributed by atoms with E-state index in [0.717, 1.165) is 18.2 Å². The summed E-state index contributed by atoms with van der Waals surface area (Å²) in [5, 5.41) is 9.73. The number of carbonyl (C=O) groups excluding carboxylic acids is 1. The summed E-state index contributed by atoms with van der Waals surface area (Å²) >= 11 is 0. The van der Waals surface area contributed by atoms with Gasteiger partial charge in [-0.05, 0) is 30.2 Å². The highest BCUT2D eigenvalue weighted by Gasteiger charge is 2.32. The van der Waals surface area contributed by atoms with Gasteiger partial charge >= 0.3 is 6.18 Å². The zero-order valence-corrected chi connectivity index (χ0v) is 8.08. The lowest BCUT2D eigenvalue weighted by atomic mass is 10.00. The second-order valence-corrected chi connectivity index (χ2v) is 3.55. The zero-order valence-electron chi connectivity index (χ0n) is 8.08. The van der Waals surface area contributed by atoms with Gasteiger partial charge in [-0.25, -0.2) is 0 Å². The van der Waals surface area contributed by atoms with Crippen molar-refractivity contribution in [3.8, 4) is 0 Å². The van der Waals surface area contributed by atoms with Gasteiger partial charge in [0.2, 0.25) is 0 Å². The number of aryl methyl sites for hydroxylation is 1. The first-order valence-electron chi connectivity index (χ1n) is 4.61. The Labute approximate surface area is 89.1 Å². The van der Waals surface area contributed by atoms with Crippen LogP contribution < -0.4 is 5.06 Å². The Hall–Kier alpha value is -1.56. The summed E-state index contributed by atoms with van der Waals surface area (Å²) in [7, 11) is 0. The summed E-state index contributed by atoms with van der Waals surface area (Å²) in [5.74, 6) is -0.507. The standard InChI is InChI=1S/C10H8F3NO2/c11-10(12,13)7-2-3-8-6(5-7)1-4-9(15)14(8)16/h2-3,5,16H,1,4H2. The van der Waals surface area contributed by atoms with E-state index in [-0.39, 0.29) is 18.5 Å². The van der Waals surface area contributed by atoms with Gasteiger partial charge in [0, 0.05) is 6.42 Å². The predicted octanol–water partition coefficient (Wildman–Crippen LogP) is 2.37. The maximum atomic E-state index is 12.4. The molecule has 1 N–H and O–H groups in total. The Bertz CT molecular complexity index is 442. The molecule has 0 saturated carbocycles. The number of halogens is 3. The van der Waals surface area contributed by atoms with Crippen LogP contribution in [0.15, 0.2) is 18.2 Å². The number of nitrogens with zero attached hydrogens (tertiary/aromatic N) is 1. The number of anilines is 1. The molecule has 0 fully saturated rings. The van der Waals surface area contributed by atoms with Crippen LogP contribution in [0.3, 0.4) is 0 Å². The molecule has 1 aliphatic rings. The zero-order chi connectivity index (χ0) is 11.9. The van der Waals surface area contributed by atoms with E-state index in [1.807, 2.05) is 0 Å². The fourth-order valence-electron chi connectivity index (χ4n) is 1.65. The summed E-state index contributed by atoms with van der Waals surface area (Å²) in [4.78, 5) is 11.1. The first-order chi connectivity index (χ1) is 7.39. The van der Waals surface area contributed by atoms with Crippen LogP contribution in [0.25, 0.3) is 0 Å². The van der Waals surface area contributed by atoms with E-state index in [1.165, 1.54) is 0 Å². The molecule has 0 atom stereocenters. The fourth-order valence-corrected chi connectivity index (χ4v) is 1.65. The van der Waals surface area contributed by atoms with E-state index < -0.39 is 17.6 Å². The molecule has 6 heteroatoms. The number of benzene rings is 1. The number of fused-ring (bicyclic) bond motifs is 1. The van der Waals surface area contributed by atoms with Crippen molar-refractivity contribution in [2.24, 2.45) is 0 Å². The van der Waals surface area contributed by atoms with E-state index in [2.05, 4.69) is 0 Å². The van der Waals surface area contributed by atoms with Crippen LogP contribution in [-0.4, -0.2) is 11.1 Å². The maximum Gasteiger partial charge on any atom is 0.416 e. The fraction of sp³-hybridized carbons (Fsp3) is 0.300. The van der Waals surface area contributed by atoms with Crippen LogP contribution in [0.4, 0.5) is 18.9 Å². The molecule has 1 amide bonds. The number of hydroxylamine groups is 1. The summed E-state index contributed by atoms with van der Waals surface area (Å²) in [6.07, 6.45) is -4.17. The highest BCUT2D eigenvalue weighted by atomic mass is 19.4. The summed E-state index contributed by atoms with van der Waals surface area (Å²) in [6, 6.07) is 2.92. The number of amides is 1. The number of rotatable bonds is 0. The quantitative estimate of drug-likeness (QED) is 0.696. The molecule has 2 rings (SSSR count). The van der Waals surface area contributed by atoms with Gasteiger partial charge in [-0.1, -0.05) is 0 Å². The van der Waals surface area contributed by atoms with Crippen LogP contribution in [0.1, 0.15) is 17.5 Å². The Morgan fingerprint density at radius 1 is 1.25 bits per heavy atom. The largest absolute Gasteiger partial charge is 0.416 e. The maximum absolute atomic E-state index is 12.4. The smallest absolute Gasteiger partial charge is 0.281 e. The van der Waals surface area contributed by atoms with E-state index in [4.69, 9.17) is 0 Å². The van der Waals surface area contributed by atoms with Gasteiger partial charge in [-0.2, -0.15) is 18.2 Å². The Kier molecular flexibility index (Phi) is 2.38. The summed E-state index contributed by atoms with van der Waals surface area (Å²) in [6.45, 7) is 0. The average Bonchev–Trinajstić information content (AvgIpc) is 2.22. The average molecular weight is 231 g/mol. The van der Waals surface area contributed by atoms with Crippen molar-refractivity contribution in [1.29, 1.82) is 0 Å². The highest BCUT2D eigenvalue weighted by molar-refractivity contribution is 5.94. The third-order valence-electron chi connectivity index (χ3n) is 2.48. The van der Waals surface area contributed by atoms with Crippen molar-refractivity contribution < 1.29 is 23.2 Å². The lowest BCUT2D eigenvalue weighted by Crippen LogP contribution is -2.31. The molecule has 1 aromatic rings. The lowest BCUT2D eigenvalue weighted by Gasteiger charge is -2.24. The summed E-state index contributed by atoms with van der Waals surface area (Å²) < 4.78 is 37.2. The molecule has 3 nitrogen and oxygen atoms in total. The molecule has 0 bridgehead atoms. The molecule has 0 unspecified atom stereocenters. The molecule has 1 heterocycles. The van der Waals surface area contributed by atoms with Crippen molar-refractivity contribution in [1.82, 2.24) is 0 Å². The normalized spacial score (nSPS) is 16.2. The lowest BCUT2D eigenvalue weighted by molar-refractivity contribution is -0.137. The van der Waals surface area contributed by atoms with E-state index in [9.17, 15) is 23.2 Å². The minimum Gasteiger partial charge on any atom is -0.281 e. The van der Waals surface area contributed by atoms with E-state index in [0.29, 0.717) is 10.6 Å². The molecule has 0 spiro atoms. The van der Waals surface area contributed by atoms with Gasteiger partial charge in [0.05, 0.1) is 11.3 Å². The molecular weight excluding hydrogens is 223 g/mol. The van der Waals surface area contributed by atoms with Gasteiger partial charge in [0.25, 0.3) is 5.91 Å². The van der Waals surface area contributed by atoms with Crippen molar-refractivity contribution >= 4 is 11.6 Å². The van der Waals surface area contributed by atoms with Gasteiger partial charge in [-0.15, -0.1) is 0 Å². The van der Waals surface area contributed by atoms with Crippen LogP contribution >= 0.6 is 0 Å². The van der Waals surface area contributed by atoms with E-state index >= 15 is 0 Å². The Morgan fingerprint density at radius 2 is 1.94 bits per heavy atom. The van der Waals surface area contributed by atoms with E-state index in [1.54, 1.807) is 0 Å². The molecule has 1 aliphatic heterocycles. The van der Waals surface area contributed by atoms with Gasteiger partial charge in [0.15, 0.2) is 0 Å². The minimum atomic E-state index is -4.41.